The number of benzene rings is 1. The molecule has 1 aromatic heterocycles. The summed E-state index contributed by atoms with van der Waals surface area (Å²) in [7, 11) is 5.48. The maximum atomic E-state index is 12.5. The maximum absolute atomic E-state index is 12.5. The Labute approximate surface area is 161 Å². The number of rotatable bonds is 7. The zero-order valence-corrected chi connectivity index (χ0v) is 16.6. The van der Waals surface area contributed by atoms with Crippen molar-refractivity contribution >= 4 is 5.91 Å². The second-order valence-electron chi connectivity index (χ2n) is 7.33. The highest BCUT2D eigenvalue weighted by Gasteiger charge is 2.20. The molecule has 2 aromatic rings. The smallest absolute Gasteiger partial charge is 0.222 e. The first-order valence-corrected chi connectivity index (χ1v) is 9.67. The van der Waals surface area contributed by atoms with Gasteiger partial charge in [0.05, 0.1) is 25.0 Å². The third-order valence-electron chi connectivity index (χ3n) is 5.32. The summed E-state index contributed by atoms with van der Waals surface area (Å²) >= 11 is 0. The fourth-order valence-electron chi connectivity index (χ4n) is 3.55. The van der Waals surface area contributed by atoms with E-state index in [1.807, 2.05) is 43.0 Å². The molecule has 1 aromatic carbocycles. The van der Waals surface area contributed by atoms with Gasteiger partial charge in [-0.25, -0.2) is 0 Å². The first kappa shape index (κ1) is 19.4. The van der Waals surface area contributed by atoms with Gasteiger partial charge in [-0.3, -0.25) is 9.48 Å². The van der Waals surface area contributed by atoms with E-state index in [2.05, 4.69) is 16.5 Å². The Balaban J connectivity index is 1.53. The van der Waals surface area contributed by atoms with Crippen LogP contribution in [0.15, 0.2) is 30.3 Å². The Morgan fingerprint density at radius 2 is 2.15 bits per heavy atom. The fourth-order valence-corrected chi connectivity index (χ4v) is 3.55. The van der Waals surface area contributed by atoms with E-state index in [4.69, 9.17) is 4.74 Å². The molecule has 1 aliphatic rings. The summed E-state index contributed by atoms with van der Waals surface area (Å²) in [5.74, 6) is 1.46. The topological polar surface area (TPSA) is 59.4 Å². The van der Waals surface area contributed by atoms with E-state index in [9.17, 15) is 4.79 Å². The summed E-state index contributed by atoms with van der Waals surface area (Å²) in [6, 6.07) is 10.0. The molecular formula is C21H30N4O2. The molecular weight excluding hydrogens is 340 g/mol. The van der Waals surface area contributed by atoms with Crippen LogP contribution in [0.4, 0.5) is 0 Å². The number of methoxy groups -OCH3 is 1. The van der Waals surface area contributed by atoms with E-state index in [0.29, 0.717) is 18.9 Å². The average molecular weight is 370 g/mol. The van der Waals surface area contributed by atoms with Gasteiger partial charge >= 0.3 is 0 Å². The Bertz CT molecular complexity index is 748. The standard InChI is InChI=1S/C21H30N4O2/c1-24(21(26)11-8-16-6-9-19(27-3)10-7-16)15-18-13-20(23-25(18)2)17-5-4-12-22-14-17/h6-7,9-10,13,17,22H,4-5,8,11-12,14-15H2,1-3H3. The molecule has 0 aliphatic carbocycles. The molecule has 1 amide bonds. The first-order valence-electron chi connectivity index (χ1n) is 9.67. The lowest BCUT2D eigenvalue weighted by molar-refractivity contribution is -0.130. The lowest BCUT2D eigenvalue weighted by Crippen LogP contribution is -2.28. The van der Waals surface area contributed by atoms with E-state index in [-0.39, 0.29) is 5.91 Å². The number of hydrogen-bond acceptors (Lipinski definition) is 4. The molecule has 0 bridgehead atoms. The van der Waals surface area contributed by atoms with E-state index in [0.717, 1.165) is 42.2 Å². The number of piperidine rings is 1. The van der Waals surface area contributed by atoms with E-state index < -0.39 is 0 Å². The van der Waals surface area contributed by atoms with Crippen LogP contribution in [-0.2, 0) is 24.8 Å². The monoisotopic (exact) mass is 370 g/mol. The SMILES string of the molecule is COc1ccc(CCC(=O)N(C)Cc2cc(C3CCCNC3)nn2C)cc1. The molecule has 1 aliphatic heterocycles. The van der Waals surface area contributed by atoms with Crippen LogP contribution in [-0.4, -0.2) is 47.8 Å². The molecule has 27 heavy (non-hydrogen) atoms. The summed E-state index contributed by atoms with van der Waals surface area (Å²) in [5, 5.41) is 8.12. The van der Waals surface area contributed by atoms with Crippen molar-refractivity contribution in [3.8, 4) is 5.75 Å². The summed E-state index contributed by atoms with van der Waals surface area (Å²) in [5.41, 5.74) is 3.36. The van der Waals surface area contributed by atoms with Crippen LogP contribution in [0.25, 0.3) is 0 Å². The zero-order valence-electron chi connectivity index (χ0n) is 16.6. The molecule has 146 valence electrons. The van der Waals surface area contributed by atoms with E-state index in [1.54, 1.807) is 12.0 Å². The zero-order chi connectivity index (χ0) is 19.2. The highest BCUT2D eigenvalue weighted by Crippen LogP contribution is 2.23. The Kier molecular flexibility index (Phi) is 6.50. The van der Waals surface area contributed by atoms with Crippen LogP contribution in [0.2, 0.25) is 0 Å². The first-order chi connectivity index (χ1) is 13.1. The fraction of sp³-hybridized carbons (Fsp3) is 0.524. The van der Waals surface area contributed by atoms with Crippen LogP contribution in [0.1, 0.15) is 42.1 Å². The van der Waals surface area contributed by atoms with Crippen LogP contribution >= 0.6 is 0 Å². The summed E-state index contributed by atoms with van der Waals surface area (Å²) in [4.78, 5) is 14.3. The largest absolute Gasteiger partial charge is 0.497 e. The van der Waals surface area contributed by atoms with Crippen molar-refractivity contribution in [2.45, 2.75) is 38.1 Å². The molecule has 1 atom stereocenters. The number of amides is 1. The van der Waals surface area contributed by atoms with Crippen molar-refractivity contribution in [2.75, 3.05) is 27.2 Å². The number of carbonyl (C=O) groups is 1. The van der Waals surface area contributed by atoms with Gasteiger partial charge in [0.1, 0.15) is 5.75 Å². The highest BCUT2D eigenvalue weighted by molar-refractivity contribution is 5.76. The predicted molar refractivity (Wildman–Crippen MR) is 106 cm³/mol. The Hall–Kier alpha value is -2.34. The lowest BCUT2D eigenvalue weighted by atomic mass is 9.96. The van der Waals surface area contributed by atoms with Gasteiger partial charge < -0.3 is 15.0 Å². The quantitative estimate of drug-likeness (QED) is 0.813. The molecule has 0 saturated carbocycles. The van der Waals surface area contributed by atoms with E-state index >= 15 is 0 Å². The van der Waals surface area contributed by atoms with Crippen molar-refractivity contribution in [2.24, 2.45) is 7.05 Å². The van der Waals surface area contributed by atoms with Gasteiger partial charge in [-0.1, -0.05) is 12.1 Å². The molecule has 0 spiro atoms. The van der Waals surface area contributed by atoms with Crippen molar-refractivity contribution < 1.29 is 9.53 Å². The van der Waals surface area contributed by atoms with Gasteiger partial charge in [-0.2, -0.15) is 5.10 Å². The predicted octanol–water partition coefficient (Wildman–Crippen LogP) is 2.49. The van der Waals surface area contributed by atoms with Gasteiger partial charge in [-0.15, -0.1) is 0 Å². The molecule has 1 saturated heterocycles. The molecule has 6 nitrogen and oxygen atoms in total. The molecule has 1 unspecified atom stereocenters. The second kappa shape index (κ2) is 9.04. The third-order valence-corrected chi connectivity index (χ3v) is 5.32. The number of aromatic nitrogens is 2. The van der Waals surface area contributed by atoms with Gasteiger partial charge in [0.25, 0.3) is 0 Å². The minimum atomic E-state index is 0.146. The van der Waals surface area contributed by atoms with Crippen LogP contribution in [0.3, 0.4) is 0 Å². The summed E-state index contributed by atoms with van der Waals surface area (Å²) in [6.45, 7) is 2.68. The lowest BCUT2D eigenvalue weighted by Gasteiger charge is -2.20. The van der Waals surface area contributed by atoms with Crippen LogP contribution < -0.4 is 10.1 Å². The van der Waals surface area contributed by atoms with Crippen molar-refractivity contribution in [3.63, 3.8) is 0 Å². The maximum Gasteiger partial charge on any atom is 0.222 e. The molecule has 2 heterocycles. The second-order valence-corrected chi connectivity index (χ2v) is 7.33. The Morgan fingerprint density at radius 1 is 1.37 bits per heavy atom. The van der Waals surface area contributed by atoms with Crippen molar-refractivity contribution in [3.05, 3.63) is 47.3 Å². The molecule has 0 radical (unpaired) electrons. The number of hydrogen-bond donors (Lipinski definition) is 1. The third kappa shape index (κ3) is 5.10. The number of carbonyl (C=O) groups excluding carboxylic acids is 1. The van der Waals surface area contributed by atoms with Gasteiger partial charge in [0, 0.05) is 33.0 Å². The van der Waals surface area contributed by atoms with Crippen LogP contribution in [0.5, 0.6) is 5.75 Å². The molecule has 1 N–H and O–H groups in total. The minimum Gasteiger partial charge on any atom is -0.497 e. The number of ether oxygens (including phenoxy) is 1. The Morgan fingerprint density at radius 3 is 2.81 bits per heavy atom. The normalized spacial score (nSPS) is 16.9. The van der Waals surface area contributed by atoms with E-state index in [1.165, 1.54) is 12.8 Å². The summed E-state index contributed by atoms with van der Waals surface area (Å²) in [6.07, 6.45) is 3.61. The van der Waals surface area contributed by atoms with Gasteiger partial charge in [-0.05, 0) is 49.6 Å². The highest BCUT2D eigenvalue weighted by atomic mass is 16.5. The van der Waals surface area contributed by atoms with Crippen molar-refractivity contribution in [1.82, 2.24) is 20.0 Å². The van der Waals surface area contributed by atoms with Crippen LogP contribution in [0, 0.1) is 0 Å². The number of nitrogens with one attached hydrogen (secondary N) is 1. The minimum absolute atomic E-state index is 0.146. The average Bonchev–Trinajstić information content (AvgIpc) is 3.07. The molecule has 3 rings (SSSR count). The van der Waals surface area contributed by atoms with Gasteiger partial charge in [0.15, 0.2) is 0 Å². The summed E-state index contributed by atoms with van der Waals surface area (Å²) < 4.78 is 7.08. The van der Waals surface area contributed by atoms with Crippen molar-refractivity contribution in [1.29, 1.82) is 0 Å². The molecule has 1 fully saturated rings. The number of aryl methyl sites for hydroxylation is 2. The number of nitrogens with zero attached hydrogens (tertiary/aromatic N) is 3. The van der Waals surface area contributed by atoms with Gasteiger partial charge in [0.2, 0.25) is 5.91 Å². The molecule has 6 heteroatoms.